The molecule has 2 rings (SSSR count). The molecule has 0 spiro atoms. The molecule has 0 saturated carbocycles. The van der Waals surface area contributed by atoms with Gasteiger partial charge in [0.05, 0.1) is 0 Å². The first-order valence-electron chi connectivity index (χ1n) is 6.01. The van der Waals surface area contributed by atoms with Gasteiger partial charge in [-0.1, -0.05) is 0 Å². The van der Waals surface area contributed by atoms with Crippen molar-refractivity contribution in [1.82, 2.24) is 5.32 Å². The summed E-state index contributed by atoms with van der Waals surface area (Å²) in [6.07, 6.45) is -0.389. The Bertz CT molecular complexity index is 802. The van der Waals surface area contributed by atoms with Crippen molar-refractivity contribution in [2.75, 3.05) is 0 Å². The van der Waals surface area contributed by atoms with Crippen LogP contribution < -0.4 is 10.5 Å². The first-order valence-corrected chi connectivity index (χ1v) is 9.86. The van der Waals surface area contributed by atoms with Gasteiger partial charge in [-0.05, 0) is 13.0 Å². The molecular formula is C10H16N2O7S3. The van der Waals surface area contributed by atoms with E-state index in [1.807, 2.05) is 0 Å². The van der Waals surface area contributed by atoms with E-state index in [-0.39, 0.29) is 20.4 Å². The van der Waals surface area contributed by atoms with Crippen LogP contribution in [0.1, 0.15) is 31.9 Å². The van der Waals surface area contributed by atoms with Crippen LogP contribution in [0.2, 0.25) is 0 Å². The highest BCUT2D eigenvalue weighted by molar-refractivity contribution is 7.96. The molecule has 6 N–H and O–H groups in total. The molecule has 0 radical (unpaired) electrons. The van der Waals surface area contributed by atoms with Gasteiger partial charge in [0.25, 0.3) is 0 Å². The lowest BCUT2D eigenvalue weighted by Crippen LogP contribution is -2.50. The fourth-order valence-corrected chi connectivity index (χ4v) is 6.61. The van der Waals surface area contributed by atoms with E-state index >= 15 is 0 Å². The number of aliphatic hydroxyl groups is 3. The highest BCUT2D eigenvalue weighted by atomic mass is 32.3. The summed E-state index contributed by atoms with van der Waals surface area (Å²) in [5, 5.41) is 36.4. The van der Waals surface area contributed by atoms with Crippen LogP contribution in [0.5, 0.6) is 0 Å². The van der Waals surface area contributed by atoms with E-state index in [0.29, 0.717) is 11.3 Å². The molecular weight excluding hydrogens is 356 g/mol. The molecule has 1 aliphatic rings. The van der Waals surface area contributed by atoms with E-state index in [4.69, 9.17) is 5.14 Å². The van der Waals surface area contributed by atoms with Crippen molar-refractivity contribution >= 4 is 31.2 Å². The molecule has 2 heterocycles. The van der Waals surface area contributed by atoms with Gasteiger partial charge in [0.1, 0.15) is 8.42 Å². The zero-order valence-corrected chi connectivity index (χ0v) is 14.1. The third kappa shape index (κ3) is 3.05. The monoisotopic (exact) mass is 372 g/mol. The predicted octanol–water partition coefficient (Wildman–Crippen LogP) is -1.43. The Kier molecular flexibility index (Phi) is 3.99. The molecule has 2 unspecified atom stereocenters. The maximum Gasteiger partial charge on any atom is 0.247 e. The van der Waals surface area contributed by atoms with Crippen molar-refractivity contribution < 1.29 is 32.2 Å². The van der Waals surface area contributed by atoms with Gasteiger partial charge in [0, 0.05) is 24.9 Å². The first kappa shape index (κ1) is 17.7. The highest BCUT2D eigenvalue weighted by Crippen LogP contribution is 2.46. The fourth-order valence-electron chi connectivity index (χ4n) is 2.22. The Hall–Kier alpha value is -0.600. The summed E-state index contributed by atoms with van der Waals surface area (Å²) in [6, 6.07) is 0.0752. The number of fused-ring (bicyclic) bond motifs is 1. The summed E-state index contributed by atoms with van der Waals surface area (Å²) in [5.74, 6) is -2.34. The van der Waals surface area contributed by atoms with E-state index < -0.39 is 36.7 Å². The normalized spacial score (nSPS) is 28.4. The lowest BCUT2D eigenvalue weighted by atomic mass is 10.0. The molecule has 9 nitrogen and oxygen atoms in total. The van der Waals surface area contributed by atoms with E-state index in [9.17, 15) is 32.2 Å². The van der Waals surface area contributed by atoms with Crippen molar-refractivity contribution in [2.24, 2.45) is 5.14 Å². The SMILES string of the molecule is CC(O)(O)NC1CC(C)(O)S(=O)(=O)c2sc(S(N)(=O)=O)cc21. The minimum Gasteiger partial charge on any atom is -0.374 e. The topological polar surface area (TPSA) is 167 Å². The van der Waals surface area contributed by atoms with Gasteiger partial charge in [0.15, 0.2) is 4.93 Å². The van der Waals surface area contributed by atoms with Crippen LogP contribution in [-0.4, -0.2) is 43.0 Å². The van der Waals surface area contributed by atoms with Crippen LogP contribution in [0.3, 0.4) is 0 Å². The average Bonchev–Trinajstić information content (AvgIpc) is 2.68. The van der Waals surface area contributed by atoms with E-state index in [1.165, 1.54) is 0 Å². The van der Waals surface area contributed by atoms with Crippen molar-refractivity contribution in [3.8, 4) is 0 Å². The smallest absolute Gasteiger partial charge is 0.247 e. The number of thiophene rings is 1. The number of hydrogen-bond acceptors (Lipinski definition) is 9. The molecule has 2 atom stereocenters. The van der Waals surface area contributed by atoms with Crippen LogP contribution >= 0.6 is 11.3 Å². The molecule has 1 aromatic heterocycles. The number of rotatable bonds is 3. The van der Waals surface area contributed by atoms with Crippen LogP contribution in [-0.2, 0) is 19.9 Å². The molecule has 0 saturated heterocycles. The number of sulfone groups is 1. The van der Waals surface area contributed by atoms with Crippen LogP contribution in [0, 0.1) is 0 Å². The third-order valence-corrected chi connectivity index (χ3v) is 8.53. The van der Waals surface area contributed by atoms with Crippen molar-refractivity contribution in [3.05, 3.63) is 11.6 Å². The van der Waals surface area contributed by atoms with Crippen LogP contribution in [0.25, 0.3) is 0 Å². The second-order valence-electron chi connectivity index (χ2n) is 5.45. The molecule has 12 heteroatoms. The Morgan fingerprint density at radius 3 is 2.50 bits per heavy atom. The summed E-state index contributed by atoms with van der Waals surface area (Å²) < 4.78 is 46.8. The van der Waals surface area contributed by atoms with Crippen molar-refractivity contribution in [2.45, 2.75) is 45.6 Å². The molecule has 1 aliphatic heterocycles. The Morgan fingerprint density at radius 2 is 2.05 bits per heavy atom. The third-order valence-electron chi connectivity index (χ3n) is 3.21. The van der Waals surface area contributed by atoms with Crippen LogP contribution in [0.15, 0.2) is 14.5 Å². The minimum atomic E-state index is -4.20. The number of sulfonamides is 1. The Balaban J connectivity index is 2.68. The van der Waals surface area contributed by atoms with E-state index in [1.54, 1.807) is 0 Å². The predicted molar refractivity (Wildman–Crippen MR) is 76.8 cm³/mol. The van der Waals surface area contributed by atoms with Gasteiger partial charge in [0.2, 0.25) is 25.8 Å². The summed E-state index contributed by atoms with van der Waals surface area (Å²) in [4.78, 5) is -2.19. The van der Waals surface area contributed by atoms with Gasteiger partial charge in [-0.25, -0.2) is 22.0 Å². The first-order chi connectivity index (χ1) is 9.65. The zero-order chi connectivity index (χ0) is 17.1. The van der Waals surface area contributed by atoms with Gasteiger partial charge >= 0.3 is 0 Å². The second kappa shape index (κ2) is 4.95. The number of nitrogens with two attached hydrogens (primary N) is 1. The number of primary sulfonamides is 1. The Morgan fingerprint density at radius 1 is 1.50 bits per heavy atom. The lowest BCUT2D eigenvalue weighted by molar-refractivity contribution is -0.178. The van der Waals surface area contributed by atoms with Crippen LogP contribution in [0.4, 0.5) is 0 Å². The average molecular weight is 372 g/mol. The molecule has 126 valence electrons. The zero-order valence-electron chi connectivity index (χ0n) is 11.6. The largest absolute Gasteiger partial charge is 0.374 e. The molecule has 22 heavy (non-hydrogen) atoms. The van der Waals surface area contributed by atoms with E-state index in [0.717, 1.165) is 19.9 Å². The maximum atomic E-state index is 12.3. The summed E-state index contributed by atoms with van der Waals surface area (Å²) in [7, 11) is -8.33. The van der Waals surface area contributed by atoms with Gasteiger partial charge in [-0.2, -0.15) is 0 Å². The summed E-state index contributed by atoms with van der Waals surface area (Å²) in [6.45, 7) is 2.07. The molecule has 0 aliphatic carbocycles. The number of hydrogen-bond donors (Lipinski definition) is 5. The summed E-state index contributed by atoms with van der Waals surface area (Å²) >= 11 is 0.417. The van der Waals surface area contributed by atoms with E-state index in [2.05, 4.69) is 5.32 Å². The highest BCUT2D eigenvalue weighted by Gasteiger charge is 2.49. The molecule has 0 fully saturated rings. The fraction of sp³-hybridized carbons (Fsp3) is 0.600. The maximum absolute atomic E-state index is 12.3. The molecule has 1 aromatic rings. The lowest BCUT2D eigenvalue weighted by Gasteiger charge is -2.36. The molecule has 0 bridgehead atoms. The quantitative estimate of drug-likeness (QED) is 0.403. The van der Waals surface area contributed by atoms with Gasteiger partial charge < -0.3 is 15.3 Å². The van der Waals surface area contributed by atoms with Gasteiger partial charge in [-0.15, -0.1) is 11.3 Å². The minimum absolute atomic E-state index is 0.0230. The van der Waals surface area contributed by atoms with Gasteiger partial charge in [-0.3, -0.25) is 5.32 Å². The van der Waals surface area contributed by atoms with Crippen molar-refractivity contribution in [3.63, 3.8) is 0 Å². The molecule has 0 amide bonds. The standard InChI is InChI=1S/C10H16N2O7S3/c1-9(13)4-6(12-10(2,14)15)5-3-7(22(11,18)19)20-8(5)21(9,16)17/h3,6,12-15H,4H2,1-2H3,(H2,11,18,19). The van der Waals surface area contributed by atoms with Crippen molar-refractivity contribution in [1.29, 1.82) is 0 Å². The second-order valence-corrected chi connectivity index (χ2v) is 10.8. The molecule has 0 aromatic carbocycles. The Labute approximate surface area is 131 Å². The summed E-state index contributed by atoms with van der Waals surface area (Å²) in [5.41, 5.74) is 0.0230. The number of nitrogens with one attached hydrogen (secondary N) is 1.